The third kappa shape index (κ3) is 3.02. The number of imidazole rings is 1. The Balaban J connectivity index is 1.63. The smallest absolute Gasteiger partial charge is 0.355 e. The highest BCUT2D eigenvalue weighted by atomic mass is 16.7. The van der Waals surface area contributed by atoms with Gasteiger partial charge in [-0.2, -0.15) is 0 Å². The van der Waals surface area contributed by atoms with Crippen molar-refractivity contribution >= 4 is 17.4 Å². The topological polar surface area (TPSA) is 114 Å². The van der Waals surface area contributed by atoms with Crippen molar-refractivity contribution in [3.63, 3.8) is 0 Å². The number of nitrogens with two attached hydrogens (primary N) is 1. The van der Waals surface area contributed by atoms with Crippen LogP contribution >= 0.6 is 0 Å². The number of aromatic nitrogens is 2. The number of nitro groups is 1. The number of nitrogen functional groups attached to an aromatic ring is 1. The van der Waals surface area contributed by atoms with Gasteiger partial charge in [-0.15, -0.1) is 0 Å². The number of hydrogen-bond acceptors (Lipinski definition) is 6. The quantitative estimate of drug-likeness (QED) is 0.313. The minimum Gasteiger partial charge on any atom is -0.454 e. The second-order valence-electron chi connectivity index (χ2n) is 6.36. The number of rotatable bonds is 5. The van der Waals surface area contributed by atoms with E-state index in [1.807, 2.05) is 18.2 Å². The molecule has 0 saturated heterocycles. The molecule has 1 aliphatic heterocycles. The summed E-state index contributed by atoms with van der Waals surface area (Å²) in [6.45, 7) is 0.150. The predicted octanol–water partition coefficient (Wildman–Crippen LogP) is 2.08. The summed E-state index contributed by atoms with van der Waals surface area (Å²) in [6.07, 6.45) is 1.77. The molecule has 142 valence electrons. The summed E-state index contributed by atoms with van der Waals surface area (Å²) < 4.78 is 14.1. The fourth-order valence-electron chi connectivity index (χ4n) is 3.11. The number of fused-ring (bicyclic) bond motifs is 1. The van der Waals surface area contributed by atoms with Crippen molar-refractivity contribution in [1.82, 2.24) is 4.57 Å². The van der Waals surface area contributed by atoms with Gasteiger partial charge in [-0.1, -0.05) is 12.1 Å². The molecule has 9 heteroatoms. The Hall–Kier alpha value is -3.88. The SMILES string of the molecule is Cn1c(-c2ccc3c(c2)OCO3)c[n+](CC(=O)c2cccc([N+](=O)[O-])c2)c1N. The van der Waals surface area contributed by atoms with E-state index in [2.05, 4.69) is 0 Å². The Labute approximate surface area is 159 Å². The van der Waals surface area contributed by atoms with Crippen LogP contribution in [-0.4, -0.2) is 22.1 Å². The van der Waals surface area contributed by atoms with Crippen molar-refractivity contribution in [2.24, 2.45) is 7.05 Å². The van der Waals surface area contributed by atoms with Gasteiger partial charge in [0.2, 0.25) is 6.79 Å². The molecule has 2 heterocycles. The summed E-state index contributed by atoms with van der Waals surface area (Å²) in [5.74, 6) is 1.44. The van der Waals surface area contributed by atoms with Gasteiger partial charge in [0.1, 0.15) is 18.4 Å². The zero-order valence-corrected chi connectivity index (χ0v) is 15.0. The molecule has 0 spiro atoms. The van der Waals surface area contributed by atoms with Crippen LogP contribution in [0.2, 0.25) is 0 Å². The summed E-state index contributed by atoms with van der Waals surface area (Å²) in [5.41, 5.74) is 7.95. The van der Waals surface area contributed by atoms with Crippen molar-refractivity contribution < 1.29 is 23.8 Å². The number of nitro benzene ring substituents is 1. The van der Waals surface area contributed by atoms with Crippen LogP contribution in [0.3, 0.4) is 0 Å². The highest BCUT2D eigenvalue weighted by Gasteiger charge is 2.23. The summed E-state index contributed by atoms with van der Waals surface area (Å²) in [4.78, 5) is 23.0. The molecule has 28 heavy (non-hydrogen) atoms. The highest BCUT2D eigenvalue weighted by Crippen LogP contribution is 2.35. The molecule has 0 bridgehead atoms. The molecule has 4 rings (SSSR count). The van der Waals surface area contributed by atoms with E-state index >= 15 is 0 Å². The van der Waals surface area contributed by atoms with Crippen molar-refractivity contribution in [2.45, 2.75) is 6.54 Å². The molecular formula is C19H17N4O5+. The Morgan fingerprint density at radius 3 is 2.82 bits per heavy atom. The third-order valence-corrected chi connectivity index (χ3v) is 4.64. The van der Waals surface area contributed by atoms with Gasteiger partial charge < -0.3 is 9.47 Å². The Morgan fingerprint density at radius 2 is 2.04 bits per heavy atom. The molecule has 2 aromatic carbocycles. The van der Waals surface area contributed by atoms with E-state index in [9.17, 15) is 14.9 Å². The van der Waals surface area contributed by atoms with Gasteiger partial charge in [-0.3, -0.25) is 20.6 Å². The van der Waals surface area contributed by atoms with Crippen molar-refractivity contribution in [2.75, 3.05) is 12.5 Å². The number of benzene rings is 2. The molecule has 0 radical (unpaired) electrons. The summed E-state index contributed by atoms with van der Waals surface area (Å²) in [6, 6.07) is 11.2. The van der Waals surface area contributed by atoms with Gasteiger partial charge in [0.05, 0.1) is 12.0 Å². The van der Waals surface area contributed by atoms with Crippen molar-refractivity contribution in [1.29, 1.82) is 0 Å². The van der Waals surface area contributed by atoms with Crippen molar-refractivity contribution in [3.8, 4) is 22.8 Å². The zero-order valence-electron chi connectivity index (χ0n) is 15.0. The van der Waals surface area contributed by atoms with Gasteiger partial charge in [-0.25, -0.2) is 9.13 Å². The second kappa shape index (κ2) is 6.69. The number of Topliss-reactive ketones (excluding diaryl/α,β-unsaturated/α-hetero) is 1. The number of ether oxygens (including phenoxy) is 2. The minimum absolute atomic E-state index is 0.0363. The minimum atomic E-state index is -0.529. The summed E-state index contributed by atoms with van der Waals surface area (Å²) in [5, 5.41) is 10.9. The Bertz CT molecular complexity index is 1110. The molecule has 2 N–H and O–H groups in total. The highest BCUT2D eigenvalue weighted by molar-refractivity contribution is 5.95. The van der Waals surface area contributed by atoms with E-state index in [1.54, 1.807) is 28.4 Å². The first kappa shape index (κ1) is 17.5. The molecule has 1 aliphatic rings. The lowest BCUT2D eigenvalue weighted by molar-refractivity contribution is -0.667. The Morgan fingerprint density at radius 1 is 1.25 bits per heavy atom. The lowest BCUT2D eigenvalue weighted by Gasteiger charge is -2.01. The molecule has 0 amide bonds. The maximum atomic E-state index is 12.6. The van der Waals surface area contributed by atoms with E-state index in [-0.39, 0.29) is 30.4 Å². The fourth-order valence-corrected chi connectivity index (χ4v) is 3.11. The van der Waals surface area contributed by atoms with E-state index in [1.165, 1.54) is 18.2 Å². The number of carbonyl (C=O) groups is 1. The van der Waals surface area contributed by atoms with Crippen LogP contribution in [-0.2, 0) is 13.6 Å². The molecule has 9 nitrogen and oxygen atoms in total. The fraction of sp³-hybridized carbons (Fsp3) is 0.158. The number of hydrogen-bond donors (Lipinski definition) is 1. The lowest BCUT2D eigenvalue weighted by atomic mass is 10.1. The monoisotopic (exact) mass is 381 g/mol. The number of non-ortho nitro benzene ring substituents is 1. The van der Waals surface area contributed by atoms with Gasteiger partial charge in [0.25, 0.3) is 5.69 Å². The average Bonchev–Trinajstić information content (AvgIpc) is 3.27. The number of carbonyl (C=O) groups excluding carboxylic acids is 1. The van der Waals surface area contributed by atoms with E-state index < -0.39 is 4.92 Å². The van der Waals surface area contributed by atoms with Crippen LogP contribution in [0.1, 0.15) is 10.4 Å². The van der Waals surface area contributed by atoms with Gasteiger partial charge in [-0.05, 0) is 18.2 Å². The molecule has 0 atom stereocenters. The lowest BCUT2D eigenvalue weighted by Crippen LogP contribution is -2.39. The zero-order chi connectivity index (χ0) is 19.8. The maximum Gasteiger partial charge on any atom is 0.355 e. The summed E-state index contributed by atoms with van der Waals surface area (Å²) >= 11 is 0. The van der Waals surface area contributed by atoms with Crippen LogP contribution in [0, 0.1) is 10.1 Å². The largest absolute Gasteiger partial charge is 0.454 e. The first-order valence-corrected chi connectivity index (χ1v) is 8.46. The molecular weight excluding hydrogens is 364 g/mol. The number of nitrogens with zero attached hydrogens (tertiary/aromatic N) is 3. The van der Waals surface area contributed by atoms with Crippen LogP contribution < -0.4 is 19.8 Å². The van der Waals surface area contributed by atoms with Crippen molar-refractivity contribution in [3.05, 3.63) is 64.3 Å². The number of anilines is 1. The molecule has 0 saturated carbocycles. The van der Waals surface area contributed by atoms with Gasteiger partial charge in [0, 0.05) is 23.3 Å². The van der Waals surface area contributed by atoms with Crippen LogP contribution in [0.15, 0.2) is 48.7 Å². The molecule has 3 aromatic rings. The maximum absolute atomic E-state index is 12.6. The third-order valence-electron chi connectivity index (χ3n) is 4.64. The van der Waals surface area contributed by atoms with Crippen LogP contribution in [0.25, 0.3) is 11.3 Å². The van der Waals surface area contributed by atoms with E-state index in [0.717, 1.165) is 11.3 Å². The van der Waals surface area contributed by atoms with E-state index in [0.29, 0.717) is 17.4 Å². The van der Waals surface area contributed by atoms with Crippen LogP contribution in [0.5, 0.6) is 11.5 Å². The first-order chi connectivity index (χ1) is 13.4. The summed E-state index contributed by atoms with van der Waals surface area (Å²) in [7, 11) is 1.80. The molecule has 0 aliphatic carbocycles. The predicted molar refractivity (Wildman–Crippen MR) is 99.0 cm³/mol. The van der Waals surface area contributed by atoms with Gasteiger partial charge in [0.15, 0.2) is 17.3 Å². The first-order valence-electron chi connectivity index (χ1n) is 8.46. The average molecular weight is 381 g/mol. The normalized spacial score (nSPS) is 12.2. The number of ketones is 1. The molecule has 0 fully saturated rings. The Kier molecular flexibility index (Phi) is 4.19. The van der Waals surface area contributed by atoms with E-state index in [4.69, 9.17) is 15.2 Å². The van der Waals surface area contributed by atoms with Crippen LogP contribution in [0.4, 0.5) is 11.6 Å². The standard InChI is InChI=1S/C19H16N4O5/c1-21-15(12-5-6-17-18(8-12)28-11-27-17)9-22(19(21)20)10-16(24)13-3-2-4-14(7-13)23(25)26/h2-9,20H,10-11H2,1H3/p+1. The molecule has 1 aromatic heterocycles. The van der Waals surface area contributed by atoms with Gasteiger partial charge >= 0.3 is 5.95 Å². The second-order valence-corrected chi connectivity index (χ2v) is 6.36. The molecule has 0 unspecified atom stereocenters.